The van der Waals surface area contributed by atoms with Gasteiger partial charge in [0.2, 0.25) is 5.82 Å². The lowest BCUT2D eigenvalue weighted by Crippen LogP contribution is -2.38. The number of rotatable bonds is 4. The molecular weight excluding hydrogens is 352 g/mol. The first-order chi connectivity index (χ1) is 13.0. The van der Waals surface area contributed by atoms with Crippen molar-refractivity contribution in [1.82, 2.24) is 19.3 Å². The van der Waals surface area contributed by atoms with Crippen LogP contribution in [0.3, 0.4) is 0 Å². The summed E-state index contributed by atoms with van der Waals surface area (Å²) in [7, 11) is 0. The molecule has 0 aromatic carbocycles. The molecule has 0 radical (unpaired) electrons. The summed E-state index contributed by atoms with van der Waals surface area (Å²) >= 11 is 0. The molecule has 0 spiro atoms. The molecule has 1 fully saturated rings. The van der Waals surface area contributed by atoms with Gasteiger partial charge in [0, 0.05) is 44.9 Å². The molecule has 1 N–H and O–H groups in total. The van der Waals surface area contributed by atoms with E-state index in [-0.39, 0.29) is 24.6 Å². The van der Waals surface area contributed by atoms with E-state index in [0.717, 1.165) is 5.52 Å². The van der Waals surface area contributed by atoms with E-state index in [1.54, 1.807) is 35.1 Å². The van der Waals surface area contributed by atoms with Gasteiger partial charge in [-0.1, -0.05) is 6.07 Å². The zero-order valence-corrected chi connectivity index (χ0v) is 14.6. The van der Waals surface area contributed by atoms with Gasteiger partial charge in [-0.05, 0) is 24.3 Å². The first kappa shape index (κ1) is 17.5. The fourth-order valence-corrected chi connectivity index (χ4v) is 3.25. The van der Waals surface area contributed by atoms with Crippen LogP contribution in [0, 0.1) is 0 Å². The van der Waals surface area contributed by atoms with E-state index in [1.807, 2.05) is 23.1 Å². The number of anilines is 1. The second kappa shape index (κ2) is 7.03. The van der Waals surface area contributed by atoms with Crippen molar-refractivity contribution in [2.75, 3.05) is 18.4 Å². The number of piperidine rings is 1. The molecule has 0 bridgehead atoms. The quantitative estimate of drug-likeness (QED) is 0.765. The molecule has 4 rings (SSSR count). The summed E-state index contributed by atoms with van der Waals surface area (Å²) in [5, 5.41) is 2.78. The van der Waals surface area contributed by atoms with Crippen LogP contribution in [0.2, 0.25) is 0 Å². The van der Waals surface area contributed by atoms with Gasteiger partial charge < -0.3 is 5.32 Å². The molecule has 0 aliphatic carbocycles. The number of aromatic nitrogens is 3. The molecule has 4 heterocycles. The number of alkyl halides is 2. The molecule has 6 nitrogen and oxygen atoms in total. The number of pyridine rings is 2. The van der Waals surface area contributed by atoms with Crippen LogP contribution >= 0.6 is 0 Å². The number of imidazole rings is 1. The molecule has 3 aromatic heterocycles. The van der Waals surface area contributed by atoms with Gasteiger partial charge in [0.1, 0.15) is 0 Å². The van der Waals surface area contributed by atoms with Crippen LogP contribution in [0.15, 0.2) is 48.9 Å². The van der Waals surface area contributed by atoms with Crippen molar-refractivity contribution < 1.29 is 13.6 Å². The maximum atomic E-state index is 13.4. The van der Waals surface area contributed by atoms with Gasteiger partial charge in [-0.15, -0.1) is 0 Å². The number of carbonyl (C=O) groups excluding carboxylic acids is 1. The van der Waals surface area contributed by atoms with E-state index < -0.39 is 5.92 Å². The van der Waals surface area contributed by atoms with Gasteiger partial charge in [0.25, 0.3) is 11.8 Å². The Hall–Kier alpha value is -2.87. The Morgan fingerprint density at radius 3 is 2.74 bits per heavy atom. The summed E-state index contributed by atoms with van der Waals surface area (Å²) < 4.78 is 28.5. The van der Waals surface area contributed by atoms with Crippen molar-refractivity contribution >= 4 is 17.1 Å². The second-order valence-corrected chi connectivity index (χ2v) is 6.67. The lowest BCUT2D eigenvalue weighted by Gasteiger charge is -2.31. The van der Waals surface area contributed by atoms with Crippen molar-refractivity contribution in [2.45, 2.75) is 25.3 Å². The van der Waals surface area contributed by atoms with Crippen LogP contribution in [0.4, 0.5) is 14.5 Å². The van der Waals surface area contributed by atoms with Crippen LogP contribution in [-0.4, -0.2) is 44.2 Å². The number of amides is 1. The molecule has 0 atom stereocenters. The molecule has 0 unspecified atom stereocenters. The van der Waals surface area contributed by atoms with Crippen molar-refractivity contribution in [2.24, 2.45) is 0 Å². The molecule has 1 saturated heterocycles. The van der Waals surface area contributed by atoms with Crippen LogP contribution < -0.4 is 5.32 Å². The number of hydrogen-bond acceptors (Lipinski definition) is 4. The lowest BCUT2D eigenvalue weighted by atomic mass is 10.1. The highest BCUT2D eigenvalue weighted by Crippen LogP contribution is 2.28. The minimum Gasteiger partial charge on any atom is -0.318 e. The molecular formula is C19H19F2N5O. The molecule has 3 aromatic rings. The van der Waals surface area contributed by atoms with Crippen molar-refractivity contribution in [3.05, 3.63) is 60.4 Å². The Morgan fingerprint density at radius 2 is 2.00 bits per heavy atom. The number of likely N-dealkylation sites (tertiary alicyclic amines) is 1. The van der Waals surface area contributed by atoms with E-state index in [1.165, 1.54) is 0 Å². The van der Waals surface area contributed by atoms with E-state index in [0.29, 0.717) is 31.0 Å². The maximum Gasteiger partial charge on any atom is 0.292 e. The summed E-state index contributed by atoms with van der Waals surface area (Å²) in [6.07, 6.45) is 4.66. The molecule has 0 saturated carbocycles. The van der Waals surface area contributed by atoms with Gasteiger partial charge in [-0.2, -0.15) is 0 Å². The highest BCUT2D eigenvalue weighted by molar-refractivity contribution is 6.02. The molecule has 140 valence electrons. The number of hydrogen-bond donors (Lipinski definition) is 1. The molecule has 8 heteroatoms. The third-order valence-corrected chi connectivity index (χ3v) is 4.71. The molecule has 1 aliphatic heterocycles. The normalized spacial score (nSPS) is 17.1. The average molecular weight is 371 g/mol. The van der Waals surface area contributed by atoms with E-state index in [4.69, 9.17) is 0 Å². The lowest BCUT2D eigenvalue weighted by molar-refractivity contribution is -0.0567. The maximum absolute atomic E-state index is 13.4. The van der Waals surface area contributed by atoms with Crippen LogP contribution in [0.25, 0.3) is 5.52 Å². The fourth-order valence-electron chi connectivity index (χ4n) is 3.25. The topological polar surface area (TPSA) is 62.5 Å². The summed E-state index contributed by atoms with van der Waals surface area (Å²) in [6.45, 7) is 1.07. The van der Waals surface area contributed by atoms with Gasteiger partial charge in [0.15, 0.2) is 0 Å². The highest BCUT2D eigenvalue weighted by atomic mass is 19.3. The number of halogens is 2. The Labute approximate surface area is 154 Å². The van der Waals surface area contributed by atoms with Crippen LogP contribution in [0.1, 0.15) is 29.2 Å². The number of carbonyl (C=O) groups is 1. The number of nitrogens with one attached hydrogen (secondary N) is 1. The Kier molecular flexibility index (Phi) is 4.57. The van der Waals surface area contributed by atoms with Gasteiger partial charge in [-0.3, -0.25) is 19.1 Å². The average Bonchev–Trinajstić information content (AvgIpc) is 3.03. The van der Waals surface area contributed by atoms with Crippen molar-refractivity contribution in [3.8, 4) is 0 Å². The van der Waals surface area contributed by atoms with E-state index in [9.17, 15) is 13.6 Å². The standard InChI is InChI=1S/C19H19F2N5O/c20-19(21)6-10-25(11-7-19)13-15-16-5-1-2-9-26(16)17(24-15)18(27)23-14-4-3-8-22-12-14/h1-5,8-9,12H,6-7,10-11,13H2,(H,23,27). The first-order valence-corrected chi connectivity index (χ1v) is 8.79. The third-order valence-electron chi connectivity index (χ3n) is 4.71. The van der Waals surface area contributed by atoms with Crippen LogP contribution in [0.5, 0.6) is 0 Å². The SMILES string of the molecule is O=C(Nc1cccnc1)c1nc(CN2CCC(F)(F)CC2)c2ccccn12. The minimum absolute atomic E-state index is 0.146. The Morgan fingerprint density at radius 1 is 1.19 bits per heavy atom. The highest BCUT2D eigenvalue weighted by Gasteiger charge is 2.34. The smallest absolute Gasteiger partial charge is 0.292 e. The zero-order valence-electron chi connectivity index (χ0n) is 14.6. The minimum atomic E-state index is -2.58. The van der Waals surface area contributed by atoms with Crippen molar-refractivity contribution in [1.29, 1.82) is 0 Å². The summed E-state index contributed by atoms with van der Waals surface area (Å²) in [5.41, 5.74) is 2.08. The zero-order chi connectivity index (χ0) is 18.9. The van der Waals surface area contributed by atoms with E-state index in [2.05, 4.69) is 15.3 Å². The molecule has 1 aliphatic rings. The van der Waals surface area contributed by atoms with Gasteiger partial charge in [0.05, 0.1) is 23.1 Å². The first-order valence-electron chi connectivity index (χ1n) is 8.79. The fraction of sp³-hybridized carbons (Fsp3) is 0.316. The summed E-state index contributed by atoms with van der Waals surface area (Å²) in [5.74, 6) is -2.67. The molecule has 1 amide bonds. The third kappa shape index (κ3) is 3.80. The number of fused-ring (bicyclic) bond motifs is 1. The molecule has 27 heavy (non-hydrogen) atoms. The second-order valence-electron chi connectivity index (χ2n) is 6.67. The van der Waals surface area contributed by atoms with Gasteiger partial charge in [-0.25, -0.2) is 13.8 Å². The van der Waals surface area contributed by atoms with Crippen LogP contribution in [-0.2, 0) is 6.54 Å². The van der Waals surface area contributed by atoms with Gasteiger partial charge >= 0.3 is 0 Å². The summed E-state index contributed by atoms with van der Waals surface area (Å²) in [6, 6.07) is 9.04. The monoisotopic (exact) mass is 371 g/mol. The predicted octanol–water partition coefficient (Wildman–Crippen LogP) is 3.21. The number of nitrogens with zero attached hydrogens (tertiary/aromatic N) is 4. The van der Waals surface area contributed by atoms with E-state index >= 15 is 0 Å². The Bertz CT molecular complexity index is 947. The largest absolute Gasteiger partial charge is 0.318 e. The Balaban J connectivity index is 1.58. The summed E-state index contributed by atoms with van der Waals surface area (Å²) in [4.78, 5) is 23.1. The predicted molar refractivity (Wildman–Crippen MR) is 96.8 cm³/mol. The van der Waals surface area contributed by atoms with Crippen molar-refractivity contribution in [3.63, 3.8) is 0 Å².